The van der Waals surface area contributed by atoms with Crippen molar-refractivity contribution in [2.45, 2.75) is 44.8 Å². The molecule has 0 spiro atoms. The highest BCUT2D eigenvalue weighted by Gasteiger charge is 2.39. The monoisotopic (exact) mass is 484 g/mol. The van der Waals surface area contributed by atoms with Gasteiger partial charge in [0, 0.05) is 22.0 Å². The summed E-state index contributed by atoms with van der Waals surface area (Å²) in [6.07, 6.45) is 3.23. The number of carbonyl (C=O) groups is 1. The number of nitrogens with zero attached hydrogens (tertiary/aromatic N) is 1. The van der Waals surface area contributed by atoms with Gasteiger partial charge in [0.25, 0.3) is 0 Å². The van der Waals surface area contributed by atoms with Crippen molar-refractivity contribution in [3.8, 4) is 5.75 Å². The van der Waals surface area contributed by atoms with Crippen LogP contribution in [0, 0.1) is 0 Å². The fourth-order valence-electron chi connectivity index (χ4n) is 3.88. The standard InChI is InChI=1S/C22H26Cl2N2O4S/c1-4-22(5-2)13-19(18-8-6-7-9-20(18)30-22)25-21(27)14-26(31(3,28)29)17-11-15(23)10-16(24)12-17/h6-12,19H,4-5,13-14H2,1-3H3,(H,25,27). The molecule has 1 unspecified atom stereocenters. The number of benzene rings is 2. The summed E-state index contributed by atoms with van der Waals surface area (Å²) < 4.78 is 32.1. The SMILES string of the molecule is CCC1(CC)CC(NC(=O)CN(c2cc(Cl)cc(Cl)c2)S(C)(=O)=O)c2ccccc2O1. The van der Waals surface area contributed by atoms with E-state index in [1.165, 1.54) is 18.2 Å². The van der Waals surface area contributed by atoms with Crippen LogP contribution in [0.5, 0.6) is 5.75 Å². The quantitative estimate of drug-likeness (QED) is 0.602. The summed E-state index contributed by atoms with van der Waals surface area (Å²) in [4.78, 5) is 13.0. The third-order valence-corrected chi connectivity index (χ3v) is 7.22. The minimum atomic E-state index is -3.75. The Balaban J connectivity index is 1.87. The molecule has 31 heavy (non-hydrogen) atoms. The molecule has 2 aromatic rings. The maximum atomic E-state index is 13.0. The summed E-state index contributed by atoms with van der Waals surface area (Å²) in [7, 11) is -3.75. The van der Waals surface area contributed by atoms with E-state index in [2.05, 4.69) is 19.2 Å². The highest BCUT2D eigenvalue weighted by molar-refractivity contribution is 7.92. The normalized spacial score (nSPS) is 17.4. The lowest BCUT2D eigenvalue weighted by Gasteiger charge is -2.41. The molecule has 0 fully saturated rings. The number of anilines is 1. The van der Waals surface area contributed by atoms with Crippen LogP contribution in [0.2, 0.25) is 10.0 Å². The molecule has 0 radical (unpaired) electrons. The second-order valence-corrected chi connectivity index (χ2v) is 10.5. The van der Waals surface area contributed by atoms with Crippen molar-refractivity contribution in [2.75, 3.05) is 17.1 Å². The molecule has 1 atom stereocenters. The van der Waals surface area contributed by atoms with Crippen LogP contribution >= 0.6 is 23.2 Å². The Morgan fingerprint density at radius 3 is 2.35 bits per heavy atom. The molecule has 1 heterocycles. The average molecular weight is 485 g/mol. The molecule has 1 aliphatic heterocycles. The van der Waals surface area contributed by atoms with Crippen LogP contribution in [-0.2, 0) is 14.8 Å². The molecule has 1 amide bonds. The lowest BCUT2D eigenvalue weighted by Crippen LogP contribution is -2.47. The van der Waals surface area contributed by atoms with E-state index < -0.39 is 15.9 Å². The number of rotatable bonds is 7. The topological polar surface area (TPSA) is 75.7 Å². The van der Waals surface area contributed by atoms with Gasteiger partial charge in [0.2, 0.25) is 15.9 Å². The molecule has 9 heteroatoms. The van der Waals surface area contributed by atoms with E-state index in [0.29, 0.717) is 6.42 Å². The molecule has 0 saturated heterocycles. The smallest absolute Gasteiger partial charge is 0.241 e. The van der Waals surface area contributed by atoms with Gasteiger partial charge in [-0.1, -0.05) is 55.2 Å². The summed E-state index contributed by atoms with van der Waals surface area (Å²) in [5.41, 5.74) is 0.729. The first-order chi connectivity index (χ1) is 14.6. The van der Waals surface area contributed by atoms with E-state index in [1.807, 2.05) is 24.3 Å². The van der Waals surface area contributed by atoms with Crippen LogP contribution in [-0.4, -0.2) is 32.7 Å². The number of amides is 1. The second-order valence-electron chi connectivity index (χ2n) is 7.75. The Labute approximate surface area is 193 Å². The highest BCUT2D eigenvalue weighted by atomic mass is 35.5. The van der Waals surface area contributed by atoms with Crippen LogP contribution < -0.4 is 14.4 Å². The molecule has 0 aromatic heterocycles. The van der Waals surface area contributed by atoms with Crippen molar-refractivity contribution in [3.05, 3.63) is 58.1 Å². The zero-order chi connectivity index (χ0) is 22.8. The van der Waals surface area contributed by atoms with Gasteiger partial charge in [-0.3, -0.25) is 9.10 Å². The van der Waals surface area contributed by atoms with Crippen LogP contribution in [0.25, 0.3) is 0 Å². The summed E-state index contributed by atoms with van der Waals surface area (Å²) in [6.45, 7) is 3.73. The fourth-order valence-corrected chi connectivity index (χ4v) is 5.24. The maximum Gasteiger partial charge on any atom is 0.241 e. The summed E-state index contributed by atoms with van der Waals surface area (Å²) in [5, 5.41) is 3.57. The van der Waals surface area contributed by atoms with E-state index in [-0.39, 0.29) is 33.9 Å². The molecule has 1 aliphatic rings. The van der Waals surface area contributed by atoms with Crippen LogP contribution in [0.1, 0.15) is 44.7 Å². The van der Waals surface area contributed by atoms with Gasteiger partial charge in [-0.2, -0.15) is 0 Å². The molecule has 0 saturated carbocycles. The molecule has 6 nitrogen and oxygen atoms in total. The minimum Gasteiger partial charge on any atom is -0.487 e. The van der Waals surface area contributed by atoms with E-state index in [4.69, 9.17) is 27.9 Å². The summed E-state index contributed by atoms with van der Waals surface area (Å²) in [5.74, 6) is 0.314. The maximum absolute atomic E-state index is 13.0. The number of sulfonamides is 1. The molecule has 1 N–H and O–H groups in total. The van der Waals surface area contributed by atoms with Crippen molar-refractivity contribution >= 4 is 44.8 Å². The lowest BCUT2D eigenvalue weighted by atomic mass is 9.83. The molecule has 168 valence electrons. The molecule has 0 bridgehead atoms. The minimum absolute atomic E-state index is 0.235. The van der Waals surface area contributed by atoms with E-state index >= 15 is 0 Å². The number of ether oxygens (including phenoxy) is 1. The van der Waals surface area contributed by atoms with E-state index in [1.54, 1.807) is 0 Å². The first-order valence-electron chi connectivity index (χ1n) is 10.1. The zero-order valence-electron chi connectivity index (χ0n) is 17.7. The number of fused-ring (bicyclic) bond motifs is 1. The number of carbonyl (C=O) groups excluding carboxylic acids is 1. The Morgan fingerprint density at radius 2 is 1.77 bits per heavy atom. The van der Waals surface area contributed by atoms with Gasteiger partial charge in [-0.25, -0.2) is 8.42 Å². The Hall–Kier alpha value is -1.96. The molecule has 3 rings (SSSR count). The Morgan fingerprint density at radius 1 is 1.16 bits per heavy atom. The van der Waals surface area contributed by atoms with Gasteiger partial charge in [0.15, 0.2) is 0 Å². The van der Waals surface area contributed by atoms with Crippen LogP contribution in [0.3, 0.4) is 0 Å². The first-order valence-corrected chi connectivity index (χ1v) is 12.7. The van der Waals surface area contributed by atoms with E-state index in [9.17, 15) is 13.2 Å². The molecule has 2 aromatic carbocycles. The fraction of sp³-hybridized carbons (Fsp3) is 0.409. The Kier molecular flexibility index (Phi) is 7.08. The van der Waals surface area contributed by atoms with Crippen molar-refractivity contribution in [1.29, 1.82) is 0 Å². The number of nitrogens with one attached hydrogen (secondary N) is 1. The summed E-state index contributed by atoms with van der Waals surface area (Å²) >= 11 is 12.1. The third-order valence-electron chi connectivity index (χ3n) is 5.64. The zero-order valence-corrected chi connectivity index (χ0v) is 20.0. The molecular formula is C22H26Cl2N2O4S. The highest BCUT2D eigenvalue weighted by Crippen LogP contribution is 2.42. The third kappa shape index (κ3) is 5.45. The second kappa shape index (κ2) is 9.27. The number of hydrogen-bond acceptors (Lipinski definition) is 4. The van der Waals surface area contributed by atoms with Gasteiger partial charge >= 0.3 is 0 Å². The predicted octanol–water partition coefficient (Wildman–Crippen LogP) is 4.96. The first kappa shape index (κ1) is 23.7. The van der Waals surface area contributed by atoms with Gasteiger partial charge in [-0.05, 0) is 37.1 Å². The molecule has 0 aliphatic carbocycles. The lowest BCUT2D eigenvalue weighted by molar-refractivity contribution is -0.121. The Bertz CT molecular complexity index is 1050. The van der Waals surface area contributed by atoms with Crippen LogP contribution in [0.4, 0.5) is 5.69 Å². The van der Waals surface area contributed by atoms with E-state index in [0.717, 1.165) is 34.7 Å². The summed E-state index contributed by atoms with van der Waals surface area (Å²) in [6, 6.07) is 11.7. The van der Waals surface area contributed by atoms with Crippen molar-refractivity contribution in [3.63, 3.8) is 0 Å². The van der Waals surface area contributed by atoms with Crippen molar-refractivity contribution in [1.82, 2.24) is 5.32 Å². The average Bonchev–Trinajstić information content (AvgIpc) is 2.70. The predicted molar refractivity (Wildman–Crippen MR) is 125 cm³/mol. The number of hydrogen-bond donors (Lipinski definition) is 1. The van der Waals surface area contributed by atoms with Gasteiger partial charge < -0.3 is 10.1 Å². The largest absolute Gasteiger partial charge is 0.487 e. The molecular weight excluding hydrogens is 459 g/mol. The van der Waals surface area contributed by atoms with Crippen molar-refractivity contribution < 1.29 is 17.9 Å². The van der Waals surface area contributed by atoms with Gasteiger partial charge in [0.1, 0.15) is 17.9 Å². The van der Waals surface area contributed by atoms with Crippen LogP contribution in [0.15, 0.2) is 42.5 Å². The number of para-hydroxylation sites is 1. The van der Waals surface area contributed by atoms with Crippen molar-refractivity contribution in [2.24, 2.45) is 0 Å². The number of halogens is 2. The van der Waals surface area contributed by atoms with Gasteiger partial charge in [0.05, 0.1) is 18.0 Å². The van der Waals surface area contributed by atoms with Gasteiger partial charge in [-0.15, -0.1) is 0 Å².